The van der Waals surface area contributed by atoms with Crippen LogP contribution < -0.4 is 0 Å². The van der Waals surface area contributed by atoms with Crippen LogP contribution >= 0.6 is 15.9 Å². The molecule has 21 heavy (non-hydrogen) atoms. The van der Waals surface area contributed by atoms with Crippen molar-refractivity contribution >= 4 is 31.9 Å². The second-order valence-corrected chi connectivity index (χ2v) is 7.37. The molecule has 0 atom stereocenters. The molecule has 0 amide bonds. The summed E-state index contributed by atoms with van der Waals surface area (Å²) in [6, 6.07) is 6.50. The normalized spacial score (nSPS) is 16.4. The fourth-order valence-electron chi connectivity index (χ4n) is 2.03. The molecule has 1 aromatic rings. The number of hydrogen-bond acceptors (Lipinski definition) is 4. The molecule has 0 aliphatic carbocycles. The van der Waals surface area contributed by atoms with Crippen molar-refractivity contribution in [3.05, 3.63) is 40.4 Å². The molecule has 1 aliphatic rings. The first-order valence-corrected chi connectivity index (χ1v) is 8.80. The van der Waals surface area contributed by atoms with Gasteiger partial charge in [0, 0.05) is 23.1 Å². The molecule has 0 unspecified atom stereocenters. The van der Waals surface area contributed by atoms with Crippen LogP contribution in [0.25, 0.3) is 0 Å². The van der Waals surface area contributed by atoms with E-state index in [2.05, 4.69) is 15.9 Å². The van der Waals surface area contributed by atoms with E-state index >= 15 is 0 Å². The molecule has 1 aliphatic heterocycles. The van der Waals surface area contributed by atoms with Crippen LogP contribution in [0.4, 0.5) is 0 Å². The van der Waals surface area contributed by atoms with E-state index in [1.807, 2.05) is 0 Å². The molecule has 0 N–H and O–H groups in total. The molecule has 0 saturated carbocycles. The van der Waals surface area contributed by atoms with Gasteiger partial charge in [-0.1, -0.05) is 22.0 Å². The summed E-state index contributed by atoms with van der Waals surface area (Å²) in [7, 11) is -3.52. The molecule has 2 rings (SSSR count). The second-order valence-electron chi connectivity index (χ2n) is 4.52. The van der Waals surface area contributed by atoms with Gasteiger partial charge in [0.2, 0.25) is 10.0 Å². The second kappa shape index (κ2) is 6.72. The molecular weight excluding hydrogens is 358 g/mol. The average Bonchev–Trinajstić information content (AvgIpc) is 2.48. The molecule has 1 aromatic carbocycles. The lowest BCUT2D eigenvalue weighted by Gasteiger charge is -2.25. The SMILES string of the molecule is CCOC(=O)C1=CCN(S(=O)(=O)c2ccc(Br)cc2)CC1. The van der Waals surface area contributed by atoms with E-state index in [0.717, 1.165) is 4.47 Å². The third-order valence-electron chi connectivity index (χ3n) is 3.16. The van der Waals surface area contributed by atoms with Gasteiger partial charge in [0.15, 0.2) is 0 Å². The summed E-state index contributed by atoms with van der Waals surface area (Å²) in [4.78, 5) is 11.8. The van der Waals surface area contributed by atoms with Gasteiger partial charge in [-0.2, -0.15) is 4.31 Å². The highest BCUT2D eigenvalue weighted by atomic mass is 79.9. The van der Waals surface area contributed by atoms with E-state index in [-0.39, 0.29) is 24.0 Å². The third kappa shape index (κ3) is 3.72. The minimum absolute atomic E-state index is 0.187. The molecule has 0 aromatic heterocycles. The van der Waals surface area contributed by atoms with E-state index in [1.54, 1.807) is 37.3 Å². The molecule has 0 spiro atoms. The number of hydrogen-bond donors (Lipinski definition) is 0. The van der Waals surface area contributed by atoms with Crippen LogP contribution in [0.3, 0.4) is 0 Å². The van der Waals surface area contributed by atoms with Gasteiger partial charge in [0.05, 0.1) is 11.5 Å². The van der Waals surface area contributed by atoms with Crippen molar-refractivity contribution in [1.82, 2.24) is 4.31 Å². The lowest BCUT2D eigenvalue weighted by Crippen LogP contribution is -2.36. The van der Waals surface area contributed by atoms with Crippen molar-refractivity contribution in [3.8, 4) is 0 Å². The largest absolute Gasteiger partial charge is 0.463 e. The predicted molar refractivity (Wildman–Crippen MR) is 82.2 cm³/mol. The maximum Gasteiger partial charge on any atom is 0.333 e. The van der Waals surface area contributed by atoms with Crippen LogP contribution in [-0.2, 0) is 19.6 Å². The summed E-state index contributed by atoms with van der Waals surface area (Å²) in [6.07, 6.45) is 1.99. The van der Waals surface area contributed by atoms with Crippen LogP contribution in [-0.4, -0.2) is 38.4 Å². The molecule has 0 saturated heterocycles. The Kier molecular flexibility index (Phi) is 5.18. The van der Waals surface area contributed by atoms with Gasteiger partial charge in [-0.15, -0.1) is 0 Å². The fourth-order valence-corrected chi connectivity index (χ4v) is 3.68. The number of nitrogens with zero attached hydrogens (tertiary/aromatic N) is 1. The minimum Gasteiger partial charge on any atom is -0.463 e. The summed E-state index contributed by atoms with van der Waals surface area (Å²) >= 11 is 3.28. The third-order valence-corrected chi connectivity index (χ3v) is 5.57. The van der Waals surface area contributed by atoms with Gasteiger partial charge < -0.3 is 4.74 Å². The Morgan fingerprint density at radius 3 is 2.52 bits per heavy atom. The number of rotatable bonds is 4. The molecule has 0 radical (unpaired) electrons. The van der Waals surface area contributed by atoms with Crippen LogP contribution in [0.1, 0.15) is 13.3 Å². The van der Waals surface area contributed by atoms with E-state index < -0.39 is 10.0 Å². The molecule has 0 bridgehead atoms. The molecule has 7 heteroatoms. The molecule has 1 heterocycles. The van der Waals surface area contributed by atoms with E-state index in [4.69, 9.17) is 4.74 Å². The highest BCUT2D eigenvalue weighted by molar-refractivity contribution is 9.10. The predicted octanol–water partition coefficient (Wildman–Crippen LogP) is 2.33. The number of benzene rings is 1. The van der Waals surface area contributed by atoms with E-state index in [1.165, 1.54) is 4.31 Å². The summed E-state index contributed by atoms with van der Waals surface area (Å²) in [5.41, 5.74) is 0.541. The van der Waals surface area contributed by atoms with Crippen molar-refractivity contribution in [1.29, 1.82) is 0 Å². The van der Waals surface area contributed by atoms with Crippen LogP contribution in [0, 0.1) is 0 Å². The monoisotopic (exact) mass is 373 g/mol. The van der Waals surface area contributed by atoms with Gasteiger partial charge in [-0.05, 0) is 37.6 Å². The van der Waals surface area contributed by atoms with Crippen LogP contribution in [0.15, 0.2) is 45.3 Å². The van der Waals surface area contributed by atoms with E-state index in [0.29, 0.717) is 18.6 Å². The topological polar surface area (TPSA) is 63.7 Å². The number of halogens is 1. The van der Waals surface area contributed by atoms with Crippen molar-refractivity contribution in [3.63, 3.8) is 0 Å². The highest BCUT2D eigenvalue weighted by Gasteiger charge is 2.27. The van der Waals surface area contributed by atoms with Crippen LogP contribution in [0.5, 0.6) is 0 Å². The minimum atomic E-state index is -3.52. The van der Waals surface area contributed by atoms with Gasteiger partial charge in [-0.3, -0.25) is 0 Å². The van der Waals surface area contributed by atoms with E-state index in [9.17, 15) is 13.2 Å². The van der Waals surface area contributed by atoms with Crippen LogP contribution in [0.2, 0.25) is 0 Å². The van der Waals surface area contributed by atoms with Gasteiger partial charge >= 0.3 is 5.97 Å². The Balaban J connectivity index is 2.14. The van der Waals surface area contributed by atoms with Gasteiger partial charge in [-0.25, -0.2) is 13.2 Å². The quantitative estimate of drug-likeness (QED) is 0.759. The Morgan fingerprint density at radius 2 is 2.00 bits per heavy atom. The standard InChI is InChI=1S/C14H16BrNO4S/c1-2-20-14(17)11-7-9-16(10-8-11)21(18,19)13-5-3-12(15)4-6-13/h3-7H,2,8-10H2,1H3. The maximum atomic E-state index is 12.5. The molecular formula is C14H16BrNO4S. The molecule has 5 nitrogen and oxygen atoms in total. The summed E-state index contributed by atoms with van der Waals surface area (Å²) < 4.78 is 32.0. The van der Waals surface area contributed by atoms with Crippen molar-refractivity contribution in [2.45, 2.75) is 18.2 Å². The van der Waals surface area contributed by atoms with Crippen molar-refractivity contribution in [2.75, 3.05) is 19.7 Å². The summed E-state index contributed by atoms with van der Waals surface area (Å²) in [6.45, 7) is 2.53. The maximum absolute atomic E-state index is 12.5. The average molecular weight is 374 g/mol. The fraction of sp³-hybridized carbons (Fsp3) is 0.357. The first-order chi connectivity index (χ1) is 9.95. The number of sulfonamides is 1. The first kappa shape index (κ1) is 16.2. The highest BCUT2D eigenvalue weighted by Crippen LogP contribution is 2.22. The first-order valence-electron chi connectivity index (χ1n) is 6.57. The number of carbonyl (C=O) groups excluding carboxylic acids is 1. The molecule has 114 valence electrons. The molecule has 0 fully saturated rings. The van der Waals surface area contributed by atoms with Crippen molar-refractivity contribution in [2.24, 2.45) is 0 Å². The zero-order valence-electron chi connectivity index (χ0n) is 11.6. The zero-order valence-corrected chi connectivity index (χ0v) is 14.0. The van der Waals surface area contributed by atoms with Gasteiger partial charge in [0.1, 0.15) is 0 Å². The number of ether oxygens (including phenoxy) is 1. The van der Waals surface area contributed by atoms with Gasteiger partial charge in [0.25, 0.3) is 0 Å². The Hall–Kier alpha value is -1.18. The lowest BCUT2D eigenvalue weighted by atomic mass is 10.1. The summed E-state index contributed by atoms with van der Waals surface area (Å²) in [5.74, 6) is -0.363. The number of esters is 1. The Morgan fingerprint density at radius 1 is 1.33 bits per heavy atom. The number of carbonyl (C=O) groups is 1. The van der Waals surface area contributed by atoms with Crippen molar-refractivity contribution < 1.29 is 17.9 Å². The lowest BCUT2D eigenvalue weighted by molar-refractivity contribution is -0.138. The Bertz CT molecular complexity index is 652. The Labute approximate surface area is 132 Å². The smallest absolute Gasteiger partial charge is 0.333 e. The summed E-state index contributed by atoms with van der Waals surface area (Å²) in [5, 5.41) is 0. The zero-order chi connectivity index (χ0) is 15.5.